The Bertz CT molecular complexity index is 764. The lowest BCUT2D eigenvalue weighted by Crippen LogP contribution is -2.45. The molecule has 21 heavy (non-hydrogen) atoms. The minimum Gasteiger partial charge on any atom is -0.394 e. The maximum absolute atomic E-state index is 12.2. The number of hydrogen-bond donors (Lipinski definition) is 2. The van der Waals surface area contributed by atoms with E-state index in [0.717, 1.165) is 10.8 Å². The molecule has 2 N–H and O–H groups in total. The van der Waals surface area contributed by atoms with Gasteiger partial charge in [0.2, 0.25) is 10.0 Å². The summed E-state index contributed by atoms with van der Waals surface area (Å²) in [4.78, 5) is 24.0. The van der Waals surface area contributed by atoms with Crippen LogP contribution in [0.2, 0.25) is 0 Å². The predicted octanol–water partition coefficient (Wildman–Crippen LogP) is -2.23. The number of aryl methyl sites for hydroxylation is 1. The van der Waals surface area contributed by atoms with E-state index in [0.29, 0.717) is 0 Å². The second kappa shape index (κ2) is 5.37. The molecule has 0 bridgehead atoms. The van der Waals surface area contributed by atoms with Crippen LogP contribution in [0, 0.1) is 6.92 Å². The van der Waals surface area contributed by atoms with E-state index in [1.807, 2.05) is 0 Å². The van der Waals surface area contributed by atoms with Crippen LogP contribution in [0.4, 0.5) is 0 Å². The molecule has 3 atom stereocenters. The lowest BCUT2D eigenvalue weighted by atomic mass is 10.2. The van der Waals surface area contributed by atoms with Gasteiger partial charge in [0.25, 0.3) is 5.56 Å². The van der Waals surface area contributed by atoms with Gasteiger partial charge < -0.3 is 14.9 Å². The second-order valence-electron chi connectivity index (χ2n) is 4.95. The summed E-state index contributed by atoms with van der Waals surface area (Å²) < 4.78 is 29.6. The fourth-order valence-electron chi connectivity index (χ4n) is 2.22. The van der Waals surface area contributed by atoms with E-state index in [2.05, 4.69) is 0 Å². The Balaban J connectivity index is 2.60. The van der Waals surface area contributed by atoms with Crippen LogP contribution in [0.1, 0.15) is 18.2 Å². The van der Waals surface area contributed by atoms with E-state index in [4.69, 9.17) is 9.84 Å². The fourth-order valence-corrected chi connectivity index (χ4v) is 3.04. The van der Waals surface area contributed by atoms with Crippen molar-refractivity contribution in [3.63, 3.8) is 0 Å². The summed E-state index contributed by atoms with van der Waals surface area (Å²) in [6.07, 6.45) is -0.847. The second-order valence-corrected chi connectivity index (χ2v) is 6.78. The Labute approximate surface area is 120 Å². The van der Waals surface area contributed by atoms with Crippen molar-refractivity contribution in [3.8, 4) is 0 Å². The number of aliphatic hydroxyl groups excluding tert-OH is 2. The number of ether oxygens (including phenoxy) is 1. The van der Waals surface area contributed by atoms with Crippen LogP contribution < -0.4 is 11.2 Å². The summed E-state index contributed by atoms with van der Waals surface area (Å²) >= 11 is 0. The molecule has 2 heterocycles. The van der Waals surface area contributed by atoms with E-state index < -0.39 is 46.3 Å². The van der Waals surface area contributed by atoms with Gasteiger partial charge in [0.15, 0.2) is 0 Å². The van der Waals surface area contributed by atoms with E-state index in [1.54, 1.807) is 0 Å². The van der Waals surface area contributed by atoms with Gasteiger partial charge in [-0.05, 0) is 6.92 Å². The molecule has 1 saturated heterocycles. The van der Waals surface area contributed by atoms with Crippen molar-refractivity contribution >= 4 is 10.0 Å². The quantitative estimate of drug-likeness (QED) is 0.645. The lowest BCUT2D eigenvalue weighted by Gasteiger charge is -2.16. The molecule has 2 rings (SSSR count). The van der Waals surface area contributed by atoms with Gasteiger partial charge in [0.1, 0.15) is 12.3 Å². The Morgan fingerprint density at radius 3 is 2.52 bits per heavy atom. The zero-order valence-corrected chi connectivity index (χ0v) is 12.3. The van der Waals surface area contributed by atoms with Gasteiger partial charge in [-0.2, -0.15) is 3.97 Å². The third kappa shape index (κ3) is 2.79. The number of aromatic nitrogens is 2. The molecule has 0 aromatic carbocycles. The highest BCUT2D eigenvalue weighted by Crippen LogP contribution is 2.27. The number of nitrogens with zero attached hydrogens (tertiary/aromatic N) is 2. The van der Waals surface area contributed by atoms with Crippen molar-refractivity contribution < 1.29 is 23.4 Å². The van der Waals surface area contributed by atoms with Gasteiger partial charge in [-0.15, -0.1) is 0 Å². The molecular weight excluding hydrogens is 304 g/mol. The Hall–Kier alpha value is -1.49. The number of aliphatic hydroxyl groups is 2. The third-order valence-electron chi connectivity index (χ3n) is 3.28. The molecule has 1 fully saturated rings. The summed E-state index contributed by atoms with van der Waals surface area (Å²) in [5.74, 6) is 0. The van der Waals surface area contributed by atoms with Crippen molar-refractivity contribution in [2.45, 2.75) is 31.8 Å². The van der Waals surface area contributed by atoms with Gasteiger partial charge in [-0.1, -0.05) is 0 Å². The Morgan fingerprint density at radius 2 is 2.05 bits per heavy atom. The molecule has 9 nitrogen and oxygen atoms in total. The molecule has 0 radical (unpaired) electrons. The Kier molecular flexibility index (Phi) is 4.06. The topological polar surface area (TPSA) is 128 Å². The summed E-state index contributed by atoms with van der Waals surface area (Å²) in [5, 5.41) is 18.7. The maximum atomic E-state index is 12.2. The highest BCUT2D eigenvalue weighted by molar-refractivity contribution is 7.89. The molecule has 0 saturated carbocycles. The van der Waals surface area contributed by atoms with Crippen molar-refractivity contribution in [1.29, 1.82) is 0 Å². The first kappa shape index (κ1) is 15.9. The van der Waals surface area contributed by atoms with Gasteiger partial charge in [-0.25, -0.2) is 13.2 Å². The largest absolute Gasteiger partial charge is 0.394 e. The Morgan fingerprint density at radius 1 is 1.43 bits per heavy atom. The van der Waals surface area contributed by atoms with Gasteiger partial charge in [0, 0.05) is 18.2 Å². The van der Waals surface area contributed by atoms with Crippen LogP contribution in [0.25, 0.3) is 0 Å². The zero-order valence-electron chi connectivity index (χ0n) is 11.5. The molecular formula is C11H16N2O7S. The van der Waals surface area contributed by atoms with Crippen LogP contribution in [0.3, 0.4) is 0 Å². The van der Waals surface area contributed by atoms with E-state index in [9.17, 15) is 23.1 Å². The average molecular weight is 320 g/mol. The molecule has 0 aliphatic carbocycles. The minimum atomic E-state index is -4.07. The first-order chi connectivity index (χ1) is 9.66. The SMILES string of the molecule is Cc1cn(C2C[C@H](O)[C@@H](CO)O2)c(=O)n(S(C)(=O)=O)c1=O. The highest BCUT2D eigenvalue weighted by Gasteiger charge is 2.35. The molecule has 1 unspecified atom stereocenters. The molecule has 118 valence electrons. The summed E-state index contributed by atoms with van der Waals surface area (Å²) in [6.45, 7) is 0.936. The lowest BCUT2D eigenvalue weighted by molar-refractivity contribution is -0.0460. The molecule has 1 aliphatic rings. The van der Waals surface area contributed by atoms with Gasteiger partial charge >= 0.3 is 5.69 Å². The molecule has 0 amide bonds. The van der Waals surface area contributed by atoms with Crippen molar-refractivity contribution in [3.05, 3.63) is 32.6 Å². The average Bonchev–Trinajstić information content (AvgIpc) is 2.73. The monoisotopic (exact) mass is 320 g/mol. The predicted molar refractivity (Wildman–Crippen MR) is 71.6 cm³/mol. The van der Waals surface area contributed by atoms with Crippen molar-refractivity contribution in [1.82, 2.24) is 8.54 Å². The van der Waals surface area contributed by atoms with E-state index >= 15 is 0 Å². The number of rotatable bonds is 3. The smallest absolute Gasteiger partial charge is 0.347 e. The van der Waals surface area contributed by atoms with E-state index in [-0.39, 0.29) is 16.0 Å². The first-order valence-electron chi connectivity index (χ1n) is 6.16. The van der Waals surface area contributed by atoms with Crippen LogP contribution >= 0.6 is 0 Å². The third-order valence-corrected chi connectivity index (χ3v) is 4.26. The van der Waals surface area contributed by atoms with Crippen LogP contribution in [-0.2, 0) is 14.8 Å². The minimum absolute atomic E-state index is 0.00649. The normalized spacial score (nSPS) is 26.2. The van der Waals surface area contributed by atoms with Gasteiger partial charge in [-0.3, -0.25) is 9.36 Å². The number of hydrogen-bond acceptors (Lipinski definition) is 7. The van der Waals surface area contributed by atoms with Crippen molar-refractivity contribution in [2.75, 3.05) is 12.9 Å². The molecule has 1 aromatic rings. The summed E-state index contributed by atoms with van der Waals surface area (Å²) in [5.41, 5.74) is -1.94. The maximum Gasteiger partial charge on any atom is 0.347 e. The molecule has 0 spiro atoms. The van der Waals surface area contributed by atoms with Crippen molar-refractivity contribution in [2.24, 2.45) is 0 Å². The molecule has 1 aromatic heterocycles. The van der Waals surface area contributed by atoms with Crippen LogP contribution in [0.5, 0.6) is 0 Å². The fraction of sp³-hybridized carbons (Fsp3) is 0.636. The highest BCUT2D eigenvalue weighted by atomic mass is 32.2. The summed E-state index contributed by atoms with van der Waals surface area (Å²) in [7, 11) is -4.07. The van der Waals surface area contributed by atoms with Crippen LogP contribution in [0.15, 0.2) is 15.8 Å². The van der Waals surface area contributed by atoms with Gasteiger partial charge in [0.05, 0.1) is 19.0 Å². The standard InChI is InChI=1S/C11H16N2O7S/c1-6-4-12(9-3-7(15)8(5-14)20-9)11(17)13(10(6)16)21(2,18)19/h4,7-9,14-15H,3,5H2,1-2H3/t7-,8+,9?/m0/s1. The van der Waals surface area contributed by atoms with E-state index in [1.165, 1.54) is 13.1 Å². The molecule has 10 heteroatoms. The first-order valence-corrected chi connectivity index (χ1v) is 8.01. The summed E-state index contributed by atoms with van der Waals surface area (Å²) in [6, 6.07) is 0. The zero-order chi connectivity index (χ0) is 15.9. The van der Waals surface area contributed by atoms with Crippen LogP contribution in [-0.4, -0.2) is 52.2 Å². The molecule has 1 aliphatic heterocycles.